The molecule has 2 aromatic rings. The highest BCUT2D eigenvalue weighted by atomic mass is 32.1. The number of phenolic OH excluding ortho intramolecular Hbond substituents is 1. The van der Waals surface area contributed by atoms with E-state index in [1.165, 1.54) is 11.5 Å². The second kappa shape index (κ2) is 9.55. The van der Waals surface area contributed by atoms with Gasteiger partial charge in [0.2, 0.25) is 5.13 Å². The van der Waals surface area contributed by atoms with Gasteiger partial charge in [-0.25, -0.2) is 4.98 Å². The molecule has 8 heteroatoms. The van der Waals surface area contributed by atoms with Crippen LogP contribution in [0.2, 0.25) is 0 Å². The van der Waals surface area contributed by atoms with Crippen LogP contribution in [-0.2, 0) is 12.8 Å². The van der Waals surface area contributed by atoms with Crippen LogP contribution < -0.4 is 10.2 Å². The minimum absolute atomic E-state index is 0.308. The van der Waals surface area contributed by atoms with Crippen LogP contribution >= 0.6 is 11.5 Å². The van der Waals surface area contributed by atoms with E-state index in [1.54, 1.807) is 12.1 Å². The summed E-state index contributed by atoms with van der Waals surface area (Å²) in [5, 5.41) is 14.0. The number of nitrogens with zero attached hydrogens (tertiary/aromatic N) is 5. The van der Waals surface area contributed by atoms with Crippen molar-refractivity contribution >= 4 is 22.6 Å². The fourth-order valence-corrected chi connectivity index (χ4v) is 3.86. The molecule has 0 spiro atoms. The number of anilines is 1. The van der Waals surface area contributed by atoms with Gasteiger partial charge in [0.1, 0.15) is 11.6 Å². The van der Waals surface area contributed by atoms with Gasteiger partial charge in [0.15, 0.2) is 5.96 Å². The number of guanidine groups is 1. The molecular weight excluding hydrogens is 360 g/mol. The van der Waals surface area contributed by atoms with E-state index in [9.17, 15) is 5.11 Å². The van der Waals surface area contributed by atoms with E-state index in [-0.39, 0.29) is 0 Å². The number of aryl methyl sites for hydroxylation is 1. The number of piperazine rings is 1. The van der Waals surface area contributed by atoms with Crippen LogP contribution in [0.4, 0.5) is 5.13 Å². The summed E-state index contributed by atoms with van der Waals surface area (Å²) in [5.74, 6) is 2.20. The van der Waals surface area contributed by atoms with Crippen LogP contribution in [0.15, 0.2) is 29.3 Å². The third kappa shape index (κ3) is 5.32. The van der Waals surface area contributed by atoms with Crippen molar-refractivity contribution in [3.05, 3.63) is 35.7 Å². The summed E-state index contributed by atoms with van der Waals surface area (Å²) >= 11 is 1.49. The van der Waals surface area contributed by atoms with Crippen LogP contribution in [0, 0.1) is 0 Å². The molecule has 146 valence electrons. The number of nitrogens with one attached hydrogen (secondary N) is 1. The van der Waals surface area contributed by atoms with Crippen molar-refractivity contribution < 1.29 is 5.11 Å². The Morgan fingerprint density at radius 2 is 2.07 bits per heavy atom. The SMILES string of the molecule is CCNC(=NCCc1cccc(O)c1)N1CCN(c2nc(CC)ns2)CC1. The number of hydrogen-bond donors (Lipinski definition) is 2. The van der Waals surface area contributed by atoms with Gasteiger partial charge in [-0.05, 0) is 31.0 Å². The van der Waals surface area contributed by atoms with Gasteiger partial charge in [0.25, 0.3) is 0 Å². The maximum absolute atomic E-state index is 9.58. The number of phenols is 1. The fourth-order valence-electron chi connectivity index (χ4n) is 3.06. The average molecular weight is 389 g/mol. The largest absolute Gasteiger partial charge is 0.508 e. The second-order valence-electron chi connectivity index (χ2n) is 6.48. The molecule has 3 rings (SSSR count). The Morgan fingerprint density at radius 3 is 2.74 bits per heavy atom. The zero-order valence-corrected chi connectivity index (χ0v) is 16.9. The molecule has 1 aromatic heterocycles. The molecule has 7 nitrogen and oxygen atoms in total. The third-order valence-electron chi connectivity index (χ3n) is 4.53. The first-order chi connectivity index (χ1) is 13.2. The van der Waals surface area contributed by atoms with Crippen molar-refractivity contribution in [1.82, 2.24) is 19.6 Å². The molecule has 1 aliphatic heterocycles. The van der Waals surface area contributed by atoms with Crippen LogP contribution in [-0.4, -0.2) is 64.6 Å². The third-order valence-corrected chi connectivity index (χ3v) is 5.35. The highest BCUT2D eigenvalue weighted by molar-refractivity contribution is 7.09. The molecule has 0 unspecified atom stereocenters. The van der Waals surface area contributed by atoms with Crippen molar-refractivity contribution in [1.29, 1.82) is 0 Å². The minimum atomic E-state index is 0.308. The Labute approximate surface area is 164 Å². The van der Waals surface area contributed by atoms with Crippen molar-refractivity contribution in [2.24, 2.45) is 4.99 Å². The van der Waals surface area contributed by atoms with Crippen molar-refractivity contribution in [2.45, 2.75) is 26.7 Å². The molecule has 0 atom stereocenters. The summed E-state index contributed by atoms with van der Waals surface area (Å²) < 4.78 is 4.39. The van der Waals surface area contributed by atoms with E-state index in [4.69, 9.17) is 4.99 Å². The molecule has 0 bridgehead atoms. The monoisotopic (exact) mass is 388 g/mol. The van der Waals surface area contributed by atoms with Crippen LogP contribution in [0.5, 0.6) is 5.75 Å². The smallest absolute Gasteiger partial charge is 0.205 e. The summed E-state index contributed by atoms with van der Waals surface area (Å²) in [5.41, 5.74) is 1.10. The Hall–Kier alpha value is -2.35. The van der Waals surface area contributed by atoms with Crippen LogP contribution in [0.3, 0.4) is 0 Å². The van der Waals surface area contributed by atoms with Gasteiger partial charge in [-0.2, -0.15) is 4.37 Å². The van der Waals surface area contributed by atoms with E-state index in [0.29, 0.717) is 12.3 Å². The van der Waals surface area contributed by atoms with Gasteiger partial charge in [0, 0.05) is 57.2 Å². The van der Waals surface area contributed by atoms with E-state index in [0.717, 1.165) is 68.0 Å². The predicted octanol–water partition coefficient (Wildman–Crippen LogP) is 2.14. The Kier molecular flexibility index (Phi) is 6.86. The number of hydrogen-bond acceptors (Lipinski definition) is 6. The first-order valence-corrected chi connectivity index (χ1v) is 10.4. The van der Waals surface area contributed by atoms with Gasteiger partial charge >= 0.3 is 0 Å². The topological polar surface area (TPSA) is 76.9 Å². The Bertz CT molecular complexity index is 754. The Balaban J connectivity index is 1.55. The van der Waals surface area contributed by atoms with Gasteiger partial charge in [-0.1, -0.05) is 19.1 Å². The zero-order chi connectivity index (χ0) is 19.1. The molecule has 1 aromatic carbocycles. The molecule has 1 saturated heterocycles. The van der Waals surface area contributed by atoms with E-state index in [2.05, 4.69) is 38.3 Å². The highest BCUT2D eigenvalue weighted by Gasteiger charge is 2.21. The summed E-state index contributed by atoms with van der Waals surface area (Å²) in [6.45, 7) is 9.40. The molecule has 0 saturated carbocycles. The molecule has 2 heterocycles. The molecule has 0 amide bonds. The summed E-state index contributed by atoms with van der Waals surface area (Å²) in [4.78, 5) is 14.0. The molecule has 1 aliphatic rings. The predicted molar refractivity (Wildman–Crippen MR) is 111 cm³/mol. The lowest BCUT2D eigenvalue weighted by molar-refractivity contribution is 0.372. The van der Waals surface area contributed by atoms with Gasteiger partial charge in [-0.3, -0.25) is 4.99 Å². The lowest BCUT2D eigenvalue weighted by Gasteiger charge is -2.36. The minimum Gasteiger partial charge on any atom is -0.508 e. The summed E-state index contributed by atoms with van der Waals surface area (Å²) in [6, 6.07) is 7.38. The quantitative estimate of drug-likeness (QED) is 0.583. The molecule has 1 fully saturated rings. The van der Waals surface area contributed by atoms with Crippen LogP contribution in [0.1, 0.15) is 25.2 Å². The standard InChI is InChI=1S/C19H28N6OS/c1-3-17-22-19(27-23-17)25-12-10-24(11-13-25)18(20-4-2)21-9-8-15-6-5-7-16(26)14-15/h5-7,14,26H,3-4,8-13H2,1-2H3,(H,20,21). The van der Waals surface area contributed by atoms with Gasteiger partial charge < -0.3 is 20.2 Å². The molecule has 2 N–H and O–H groups in total. The maximum Gasteiger partial charge on any atom is 0.205 e. The highest BCUT2D eigenvalue weighted by Crippen LogP contribution is 2.19. The zero-order valence-electron chi connectivity index (χ0n) is 16.1. The molecule has 27 heavy (non-hydrogen) atoms. The first-order valence-electron chi connectivity index (χ1n) is 9.58. The van der Waals surface area contributed by atoms with Crippen molar-refractivity contribution in [2.75, 3.05) is 44.2 Å². The summed E-state index contributed by atoms with van der Waals surface area (Å²) in [6.07, 6.45) is 1.70. The number of benzene rings is 1. The maximum atomic E-state index is 9.58. The fraction of sp³-hybridized carbons (Fsp3) is 0.526. The molecule has 0 aliphatic carbocycles. The van der Waals surface area contributed by atoms with E-state index < -0.39 is 0 Å². The normalized spacial score (nSPS) is 15.3. The number of aromatic nitrogens is 2. The number of aliphatic imine (C=N–C) groups is 1. The number of rotatable bonds is 6. The Morgan fingerprint density at radius 1 is 1.26 bits per heavy atom. The van der Waals surface area contributed by atoms with Crippen molar-refractivity contribution in [3.63, 3.8) is 0 Å². The average Bonchev–Trinajstić information content (AvgIpc) is 3.17. The number of aromatic hydroxyl groups is 1. The lowest BCUT2D eigenvalue weighted by Crippen LogP contribution is -2.52. The first kappa shape index (κ1) is 19.4. The van der Waals surface area contributed by atoms with E-state index >= 15 is 0 Å². The van der Waals surface area contributed by atoms with Gasteiger partial charge in [0.05, 0.1) is 0 Å². The second-order valence-corrected chi connectivity index (χ2v) is 7.21. The van der Waals surface area contributed by atoms with E-state index in [1.807, 2.05) is 12.1 Å². The van der Waals surface area contributed by atoms with Crippen LogP contribution in [0.25, 0.3) is 0 Å². The summed E-state index contributed by atoms with van der Waals surface area (Å²) in [7, 11) is 0. The van der Waals surface area contributed by atoms with Gasteiger partial charge in [-0.15, -0.1) is 0 Å². The molecular formula is C19H28N6OS. The molecule has 0 radical (unpaired) electrons. The van der Waals surface area contributed by atoms with Crippen molar-refractivity contribution in [3.8, 4) is 5.75 Å². The lowest BCUT2D eigenvalue weighted by atomic mass is 10.1.